The standard InChI is InChI=1S/C21H24FN3O6/c1-13(26)23-10-17-12-25(21(29)31-17)14-3-7-19(18(22)9-14)24(2)11-16-5-4-15(30-16)6-8-20(27)28/h3-5,7,9,17H,6,8,10-12H2,1-2H3,(H,23,26)(H,27,28). The van der Waals surface area contributed by atoms with E-state index in [1.165, 1.54) is 17.9 Å². The van der Waals surface area contributed by atoms with Crippen LogP contribution in [-0.2, 0) is 27.3 Å². The molecule has 1 aliphatic heterocycles. The number of ether oxygens (including phenoxy) is 1. The quantitative estimate of drug-likeness (QED) is 0.625. The van der Waals surface area contributed by atoms with Crippen LogP contribution in [0.15, 0.2) is 34.7 Å². The minimum atomic E-state index is -0.902. The maximum atomic E-state index is 14.8. The zero-order valence-corrected chi connectivity index (χ0v) is 17.3. The van der Waals surface area contributed by atoms with Gasteiger partial charge in [0.05, 0.1) is 37.4 Å². The van der Waals surface area contributed by atoms with Crippen LogP contribution in [-0.4, -0.2) is 49.3 Å². The predicted octanol–water partition coefficient (Wildman–Crippen LogP) is 2.53. The van der Waals surface area contributed by atoms with Crippen molar-refractivity contribution in [1.82, 2.24) is 5.32 Å². The third-order valence-corrected chi connectivity index (χ3v) is 4.80. The fourth-order valence-corrected chi connectivity index (χ4v) is 3.26. The summed E-state index contributed by atoms with van der Waals surface area (Å²) >= 11 is 0. The Morgan fingerprint density at radius 2 is 2.03 bits per heavy atom. The number of halogens is 1. The Hall–Kier alpha value is -3.56. The summed E-state index contributed by atoms with van der Waals surface area (Å²) in [4.78, 5) is 36.8. The summed E-state index contributed by atoms with van der Waals surface area (Å²) in [5.74, 6) is -0.506. The van der Waals surface area contributed by atoms with E-state index in [1.54, 1.807) is 36.2 Å². The largest absolute Gasteiger partial charge is 0.481 e. The van der Waals surface area contributed by atoms with E-state index in [0.29, 0.717) is 22.9 Å². The van der Waals surface area contributed by atoms with E-state index in [4.69, 9.17) is 14.3 Å². The Labute approximate surface area is 178 Å². The first-order valence-corrected chi connectivity index (χ1v) is 9.75. The molecular weight excluding hydrogens is 409 g/mol. The number of hydrogen-bond acceptors (Lipinski definition) is 6. The van der Waals surface area contributed by atoms with Crippen molar-refractivity contribution < 1.29 is 33.0 Å². The molecule has 1 fully saturated rings. The molecular formula is C21H24FN3O6. The van der Waals surface area contributed by atoms with Crippen LogP contribution in [0.1, 0.15) is 24.9 Å². The number of nitrogens with zero attached hydrogens (tertiary/aromatic N) is 2. The summed E-state index contributed by atoms with van der Waals surface area (Å²) in [5, 5.41) is 11.3. The van der Waals surface area contributed by atoms with Gasteiger partial charge in [0, 0.05) is 20.4 Å². The van der Waals surface area contributed by atoms with Gasteiger partial charge in [0.15, 0.2) is 0 Å². The molecule has 0 aliphatic carbocycles. The maximum Gasteiger partial charge on any atom is 0.414 e. The van der Waals surface area contributed by atoms with Crippen LogP contribution in [0, 0.1) is 5.82 Å². The second-order valence-corrected chi connectivity index (χ2v) is 7.31. The second kappa shape index (κ2) is 9.50. The number of cyclic esters (lactones) is 1. The van der Waals surface area contributed by atoms with Crippen molar-refractivity contribution in [3.05, 3.63) is 47.7 Å². The van der Waals surface area contributed by atoms with Gasteiger partial charge in [-0.05, 0) is 30.3 Å². The van der Waals surface area contributed by atoms with E-state index in [2.05, 4.69) is 5.32 Å². The van der Waals surface area contributed by atoms with Gasteiger partial charge in [0.1, 0.15) is 23.4 Å². The van der Waals surface area contributed by atoms with Gasteiger partial charge in [-0.25, -0.2) is 9.18 Å². The first-order valence-electron chi connectivity index (χ1n) is 9.75. The Kier molecular flexibility index (Phi) is 6.78. The van der Waals surface area contributed by atoms with Crippen molar-refractivity contribution in [3.63, 3.8) is 0 Å². The molecule has 0 radical (unpaired) electrons. The summed E-state index contributed by atoms with van der Waals surface area (Å²) in [7, 11) is 1.70. The zero-order chi connectivity index (χ0) is 22.5. The topological polar surface area (TPSA) is 112 Å². The van der Waals surface area contributed by atoms with Crippen LogP contribution in [0.4, 0.5) is 20.6 Å². The van der Waals surface area contributed by atoms with Crippen molar-refractivity contribution in [2.75, 3.05) is 29.9 Å². The van der Waals surface area contributed by atoms with E-state index in [1.807, 2.05) is 0 Å². The van der Waals surface area contributed by atoms with Gasteiger partial charge >= 0.3 is 12.1 Å². The number of aryl methyl sites for hydroxylation is 1. The number of hydrogen-bond donors (Lipinski definition) is 2. The molecule has 0 bridgehead atoms. The molecule has 1 unspecified atom stereocenters. The van der Waals surface area contributed by atoms with Crippen molar-refractivity contribution >= 4 is 29.3 Å². The molecule has 1 aromatic heterocycles. The number of amides is 2. The van der Waals surface area contributed by atoms with Crippen molar-refractivity contribution in [2.45, 2.75) is 32.4 Å². The Balaban J connectivity index is 1.63. The molecule has 1 aromatic carbocycles. The normalized spacial score (nSPS) is 15.6. The lowest BCUT2D eigenvalue weighted by Crippen LogP contribution is -2.33. The molecule has 1 aliphatic rings. The summed E-state index contributed by atoms with van der Waals surface area (Å²) in [6.45, 7) is 2.06. The van der Waals surface area contributed by atoms with Crippen LogP contribution >= 0.6 is 0 Å². The molecule has 0 saturated carbocycles. The lowest BCUT2D eigenvalue weighted by molar-refractivity contribution is -0.137. The Morgan fingerprint density at radius 1 is 1.29 bits per heavy atom. The van der Waals surface area contributed by atoms with Gasteiger partial charge in [-0.3, -0.25) is 14.5 Å². The zero-order valence-electron chi connectivity index (χ0n) is 17.3. The molecule has 2 N–H and O–H groups in total. The lowest BCUT2D eigenvalue weighted by Gasteiger charge is -2.20. The van der Waals surface area contributed by atoms with Gasteiger partial charge in [-0.15, -0.1) is 0 Å². The molecule has 166 valence electrons. The fourth-order valence-electron chi connectivity index (χ4n) is 3.26. The van der Waals surface area contributed by atoms with Gasteiger partial charge in [0.25, 0.3) is 0 Å². The molecule has 1 atom stereocenters. The monoisotopic (exact) mass is 433 g/mol. The molecule has 10 heteroatoms. The minimum absolute atomic E-state index is 0.0243. The number of furan rings is 1. The highest BCUT2D eigenvalue weighted by Gasteiger charge is 2.32. The summed E-state index contributed by atoms with van der Waals surface area (Å²) in [6, 6.07) is 7.89. The van der Waals surface area contributed by atoms with Gasteiger partial charge in [0.2, 0.25) is 5.91 Å². The fraction of sp³-hybridized carbons (Fsp3) is 0.381. The number of carboxylic acid groups (broad SMARTS) is 1. The number of anilines is 2. The number of carbonyl (C=O) groups excluding carboxylic acids is 2. The van der Waals surface area contributed by atoms with Crippen molar-refractivity contribution in [3.8, 4) is 0 Å². The number of carbonyl (C=O) groups is 3. The van der Waals surface area contributed by atoms with Gasteiger partial charge in [-0.2, -0.15) is 0 Å². The second-order valence-electron chi connectivity index (χ2n) is 7.31. The van der Waals surface area contributed by atoms with Crippen LogP contribution in [0.2, 0.25) is 0 Å². The Morgan fingerprint density at radius 3 is 2.71 bits per heavy atom. The third-order valence-electron chi connectivity index (χ3n) is 4.80. The van der Waals surface area contributed by atoms with Crippen LogP contribution in [0.5, 0.6) is 0 Å². The molecule has 1 saturated heterocycles. The summed E-state index contributed by atoms with van der Waals surface area (Å²) in [6.07, 6.45) is -0.836. The van der Waals surface area contributed by atoms with Crippen LogP contribution < -0.4 is 15.1 Å². The highest BCUT2D eigenvalue weighted by molar-refractivity contribution is 5.90. The number of aliphatic carboxylic acids is 1. The predicted molar refractivity (Wildman–Crippen MR) is 109 cm³/mol. The molecule has 31 heavy (non-hydrogen) atoms. The smallest absolute Gasteiger partial charge is 0.414 e. The number of benzene rings is 1. The SMILES string of the molecule is CC(=O)NCC1CN(c2ccc(N(C)Cc3ccc(CCC(=O)O)o3)c(F)c2)C(=O)O1. The molecule has 0 spiro atoms. The Bertz CT molecular complexity index is 976. The number of nitrogens with one attached hydrogen (secondary N) is 1. The minimum Gasteiger partial charge on any atom is -0.481 e. The van der Waals surface area contributed by atoms with E-state index in [9.17, 15) is 18.8 Å². The van der Waals surface area contributed by atoms with Crippen molar-refractivity contribution in [2.24, 2.45) is 0 Å². The average Bonchev–Trinajstić information content (AvgIpc) is 3.30. The highest BCUT2D eigenvalue weighted by atomic mass is 19.1. The lowest BCUT2D eigenvalue weighted by atomic mass is 10.2. The third kappa shape index (κ3) is 5.74. The van der Waals surface area contributed by atoms with Crippen LogP contribution in [0.3, 0.4) is 0 Å². The maximum absolute atomic E-state index is 14.8. The molecule has 9 nitrogen and oxygen atoms in total. The first-order chi connectivity index (χ1) is 14.7. The molecule has 2 amide bonds. The number of rotatable bonds is 9. The molecule has 2 aromatic rings. The average molecular weight is 433 g/mol. The number of carboxylic acids is 1. The first kappa shape index (κ1) is 22.1. The highest BCUT2D eigenvalue weighted by Crippen LogP contribution is 2.28. The summed E-state index contributed by atoms with van der Waals surface area (Å²) < 4.78 is 25.6. The van der Waals surface area contributed by atoms with E-state index >= 15 is 0 Å². The van der Waals surface area contributed by atoms with E-state index in [0.717, 1.165) is 0 Å². The van der Waals surface area contributed by atoms with Gasteiger partial charge < -0.3 is 24.5 Å². The summed E-state index contributed by atoms with van der Waals surface area (Å²) in [5.41, 5.74) is 0.675. The van der Waals surface area contributed by atoms with Crippen LogP contribution in [0.25, 0.3) is 0 Å². The molecule has 3 rings (SSSR count). The molecule has 2 heterocycles. The van der Waals surface area contributed by atoms with E-state index in [-0.39, 0.29) is 38.4 Å². The van der Waals surface area contributed by atoms with Gasteiger partial charge in [-0.1, -0.05) is 0 Å². The van der Waals surface area contributed by atoms with Crippen molar-refractivity contribution in [1.29, 1.82) is 0 Å². The van der Waals surface area contributed by atoms with E-state index < -0.39 is 24.0 Å².